The van der Waals surface area contributed by atoms with Crippen LogP contribution in [0.4, 0.5) is 0 Å². The van der Waals surface area contributed by atoms with Gasteiger partial charge in [-0.1, -0.05) is 43.7 Å². The van der Waals surface area contributed by atoms with Gasteiger partial charge in [-0.15, -0.1) is 0 Å². The van der Waals surface area contributed by atoms with Gasteiger partial charge >= 0.3 is 5.97 Å². The lowest BCUT2D eigenvalue weighted by Gasteiger charge is -2.29. The highest BCUT2D eigenvalue weighted by Crippen LogP contribution is 2.36. The Balaban J connectivity index is 2.14. The first-order valence-corrected chi connectivity index (χ1v) is 7.91. The van der Waals surface area contributed by atoms with Crippen LogP contribution in [0.25, 0.3) is 0 Å². The SMILES string of the molecule is CCCCOC(=O)C1CCC(c2ccccc2)N1C(=O)CN. The van der Waals surface area contributed by atoms with E-state index in [1.165, 1.54) is 0 Å². The largest absolute Gasteiger partial charge is 0.464 e. The summed E-state index contributed by atoms with van der Waals surface area (Å²) in [4.78, 5) is 26.1. The van der Waals surface area contributed by atoms with Crippen molar-refractivity contribution in [2.24, 2.45) is 5.73 Å². The molecule has 0 bridgehead atoms. The maximum Gasteiger partial charge on any atom is 0.328 e. The van der Waals surface area contributed by atoms with Crippen LogP contribution in [-0.4, -0.2) is 36.0 Å². The van der Waals surface area contributed by atoms with E-state index >= 15 is 0 Å². The number of esters is 1. The van der Waals surface area contributed by atoms with Crippen molar-refractivity contribution < 1.29 is 14.3 Å². The predicted octanol–water partition coefficient (Wildman–Crippen LogP) is 2.02. The molecule has 1 fully saturated rings. The molecule has 1 heterocycles. The fraction of sp³-hybridized carbons (Fsp3) is 0.529. The molecule has 5 nitrogen and oxygen atoms in total. The maximum absolute atomic E-state index is 12.3. The Morgan fingerprint density at radius 2 is 2.00 bits per heavy atom. The molecule has 0 aliphatic carbocycles. The first-order chi connectivity index (χ1) is 10.7. The molecule has 0 radical (unpaired) electrons. The van der Waals surface area contributed by atoms with Crippen molar-refractivity contribution >= 4 is 11.9 Å². The van der Waals surface area contributed by atoms with Gasteiger partial charge in [0.15, 0.2) is 0 Å². The van der Waals surface area contributed by atoms with Crippen LogP contribution < -0.4 is 5.73 Å². The van der Waals surface area contributed by atoms with Crippen LogP contribution in [-0.2, 0) is 14.3 Å². The van der Waals surface area contributed by atoms with Gasteiger partial charge in [0.2, 0.25) is 5.91 Å². The minimum absolute atomic E-state index is 0.0952. The Labute approximate surface area is 131 Å². The quantitative estimate of drug-likeness (QED) is 0.644. The monoisotopic (exact) mass is 304 g/mol. The van der Waals surface area contributed by atoms with Crippen LogP contribution in [0.5, 0.6) is 0 Å². The lowest BCUT2D eigenvalue weighted by molar-refractivity contribution is -0.154. The van der Waals surface area contributed by atoms with Gasteiger partial charge in [0, 0.05) is 0 Å². The number of amides is 1. The highest BCUT2D eigenvalue weighted by atomic mass is 16.5. The van der Waals surface area contributed by atoms with Crippen molar-refractivity contribution in [3.8, 4) is 0 Å². The Hall–Kier alpha value is -1.88. The summed E-state index contributed by atoms with van der Waals surface area (Å²) >= 11 is 0. The van der Waals surface area contributed by atoms with E-state index in [1.54, 1.807) is 4.90 Å². The lowest BCUT2D eigenvalue weighted by Crippen LogP contribution is -2.45. The summed E-state index contributed by atoms with van der Waals surface area (Å²) in [6.07, 6.45) is 3.18. The number of hydrogen-bond acceptors (Lipinski definition) is 4. The Kier molecular flexibility index (Phi) is 5.95. The van der Waals surface area contributed by atoms with Gasteiger partial charge in [0.1, 0.15) is 6.04 Å². The number of carbonyl (C=O) groups is 2. The molecule has 120 valence electrons. The number of unbranched alkanes of at least 4 members (excludes halogenated alkanes) is 1. The average Bonchev–Trinajstić information content (AvgIpc) is 3.00. The number of ether oxygens (including phenoxy) is 1. The van der Waals surface area contributed by atoms with Crippen molar-refractivity contribution in [1.82, 2.24) is 4.90 Å². The minimum Gasteiger partial charge on any atom is -0.464 e. The molecule has 1 aliphatic rings. The second kappa shape index (κ2) is 7.94. The molecular formula is C17H24N2O3. The molecule has 1 aliphatic heterocycles. The topological polar surface area (TPSA) is 72.6 Å². The summed E-state index contributed by atoms with van der Waals surface area (Å²) in [6.45, 7) is 2.35. The van der Waals surface area contributed by atoms with Crippen molar-refractivity contribution in [2.45, 2.75) is 44.7 Å². The highest BCUT2D eigenvalue weighted by molar-refractivity contribution is 5.86. The van der Waals surface area contributed by atoms with Gasteiger partial charge in [0.25, 0.3) is 0 Å². The van der Waals surface area contributed by atoms with Gasteiger partial charge in [-0.25, -0.2) is 4.79 Å². The molecule has 2 N–H and O–H groups in total. The number of hydrogen-bond donors (Lipinski definition) is 1. The smallest absolute Gasteiger partial charge is 0.328 e. The van der Waals surface area contributed by atoms with E-state index in [0.717, 1.165) is 24.8 Å². The Morgan fingerprint density at radius 3 is 2.64 bits per heavy atom. The number of likely N-dealkylation sites (tertiary alicyclic amines) is 1. The average molecular weight is 304 g/mol. The third-order valence-corrected chi connectivity index (χ3v) is 4.05. The van der Waals surface area contributed by atoms with E-state index < -0.39 is 6.04 Å². The zero-order valence-corrected chi connectivity index (χ0v) is 13.0. The fourth-order valence-corrected chi connectivity index (χ4v) is 2.91. The van der Waals surface area contributed by atoms with Gasteiger partial charge < -0.3 is 15.4 Å². The normalized spacial score (nSPS) is 20.9. The van der Waals surface area contributed by atoms with Crippen LogP contribution in [0, 0.1) is 0 Å². The van der Waals surface area contributed by atoms with Gasteiger partial charge in [0.05, 0.1) is 19.2 Å². The second-order valence-corrected chi connectivity index (χ2v) is 5.55. The molecule has 1 aromatic rings. The Bertz CT molecular complexity index is 504. The van der Waals surface area contributed by atoms with Gasteiger partial charge in [-0.05, 0) is 24.8 Å². The number of rotatable bonds is 6. The van der Waals surface area contributed by atoms with Crippen molar-refractivity contribution in [3.05, 3.63) is 35.9 Å². The molecular weight excluding hydrogens is 280 g/mol. The van der Waals surface area contributed by atoms with Gasteiger partial charge in [-0.3, -0.25) is 4.79 Å². The molecule has 0 saturated carbocycles. The highest BCUT2D eigenvalue weighted by Gasteiger charge is 2.41. The van der Waals surface area contributed by atoms with Crippen LogP contribution >= 0.6 is 0 Å². The van der Waals surface area contributed by atoms with E-state index in [9.17, 15) is 9.59 Å². The van der Waals surface area contributed by atoms with E-state index in [1.807, 2.05) is 37.3 Å². The van der Waals surface area contributed by atoms with Crippen molar-refractivity contribution in [3.63, 3.8) is 0 Å². The summed E-state index contributed by atoms with van der Waals surface area (Å²) in [6, 6.07) is 9.16. The van der Waals surface area contributed by atoms with E-state index in [-0.39, 0.29) is 24.5 Å². The molecule has 1 saturated heterocycles. The zero-order valence-electron chi connectivity index (χ0n) is 13.0. The molecule has 1 aromatic carbocycles. The molecule has 1 amide bonds. The summed E-state index contributed by atoms with van der Waals surface area (Å²) in [5, 5.41) is 0. The third-order valence-electron chi connectivity index (χ3n) is 4.05. The van der Waals surface area contributed by atoms with Gasteiger partial charge in [-0.2, -0.15) is 0 Å². The minimum atomic E-state index is -0.516. The molecule has 2 unspecified atom stereocenters. The summed E-state index contributed by atoms with van der Waals surface area (Å²) in [5.41, 5.74) is 6.57. The zero-order chi connectivity index (χ0) is 15.9. The third kappa shape index (κ3) is 3.65. The van der Waals surface area contributed by atoms with E-state index in [0.29, 0.717) is 13.0 Å². The Morgan fingerprint density at radius 1 is 1.27 bits per heavy atom. The first kappa shape index (κ1) is 16.5. The summed E-state index contributed by atoms with van der Waals surface area (Å²) < 4.78 is 5.30. The second-order valence-electron chi connectivity index (χ2n) is 5.55. The summed E-state index contributed by atoms with van der Waals surface area (Å²) in [5.74, 6) is -0.516. The predicted molar refractivity (Wildman–Crippen MR) is 84.0 cm³/mol. The van der Waals surface area contributed by atoms with E-state index in [4.69, 9.17) is 10.5 Å². The molecule has 22 heavy (non-hydrogen) atoms. The fourth-order valence-electron chi connectivity index (χ4n) is 2.91. The lowest BCUT2D eigenvalue weighted by atomic mass is 10.0. The van der Waals surface area contributed by atoms with Crippen molar-refractivity contribution in [2.75, 3.05) is 13.2 Å². The standard InChI is InChI=1S/C17H24N2O3/c1-2-3-11-22-17(21)15-10-9-14(19(15)16(20)12-18)13-7-5-4-6-8-13/h4-8,14-15H,2-3,9-12,18H2,1H3. The van der Waals surface area contributed by atoms with Crippen LogP contribution in [0.2, 0.25) is 0 Å². The number of carbonyl (C=O) groups excluding carboxylic acids is 2. The molecule has 2 rings (SSSR count). The first-order valence-electron chi connectivity index (χ1n) is 7.91. The number of benzene rings is 1. The molecule has 5 heteroatoms. The van der Waals surface area contributed by atoms with Crippen LogP contribution in [0.3, 0.4) is 0 Å². The summed E-state index contributed by atoms with van der Waals surface area (Å²) in [7, 11) is 0. The van der Waals surface area contributed by atoms with Crippen LogP contribution in [0.15, 0.2) is 30.3 Å². The molecule has 2 atom stereocenters. The maximum atomic E-state index is 12.3. The molecule has 0 aromatic heterocycles. The number of nitrogens with two attached hydrogens (primary N) is 1. The van der Waals surface area contributed by atoms with Crippen LogP contribution in [0.1, 0.15) is 44.2 Å². The number of nitrogens with zero attached hydrogens (tertiary/aromatic N) is 1. The van der Waals surface area contributed by atoms with Crippen molar-refractivity contribution in [1.29, 1.82) is 0 Å². The van der Waals surface area contributed by atoms with E-state index in [2.05, 4.69) is 0 Å². The molecule has 0 spiro atoms.